The molecule has 0 amide bonds. The van der Waals surface area contributed by atoms with Crippen molar-refractivity contribution in [3.63, 3.8) is 0 Å². The van der Waals surface area contributed by atoms with Gasteiger partial charge in [-0.3, -0.25) is 0 Å². The number of halogens is 1. The van der Waals surface area contributed by atoms with Gasteiger partial charge in [-0.25, -0.2) is 4.39 Å². The zero-order valence-electron chi connectivity index (χ0n) is 7.56. The van der Waals surface area contributed by atoms with E-state index in [2.05, 4.69) is 5.32 Å². The molecule has 1 nitrogen and oxygen atoms in total. The summed E-state index contributed by atoms with van der Waals surface area (Å²) in [7, 11) is 0. The average molecular weight is 171 g/mol. The van der Waals surface area contributed by atoms with E-state index in [9.17, 15) is 4.39 Å². The van der Waals surface area contributed by atoms with Gasteiger partial charge in [-0.2, -0.15) is 0 Å². The maximum absolute atomic E-state index is 13.3. The quantitative estimate of drug-likeness (QED) is 0.672. The number of hydrogen-bond acceptors (Lipinski definition) is 1. The van der Waals surface area contributed by atoms with Crippen LogP contribution >= 0.6 is 0 Å². The summed E-state index contributed by atoms with van der Waals surface area (Å²) in [6.45, 7) is 0. The second kappa shape index (κ2) is 3.73. The van der Waals surface area contributed by atoms with Crippen LogP contribution in [0.2, 0.25) is 0 Å². The van der Waals surface area contributed by atoms with Gasteiger partial charge in [-0.15, -0.1) is 0 Å². The molecule has 0 saturated heterocycles. The third-order valence-corrected chi connectivity index (χ3v) is 3.24. The predicted molar refractivity (Wildman–Crippen MR) is 47.9 cm³/mol. The van der Waals surface area contributed by atoms with Crippen molar-refractivity contribution in [3.05, 3.63) is 0 Å². The fourth-order valence-corrected chi connectivity index (χ4v) is 2.15. The van der Waals surface area contributed by atoms with Gasteiger partial charge < -0.3 is 5.32 Å². The Balaban J connectivity index is 1.76. The number of alkyl halides is 1. The molecule has 0 aromatic rings. The summed E-state index contributed by atoms with van der Waals surface area (Å²) in [5, 5.41) is 3.43. The molecule has 2 atom stereocenters. The zero-order chi connectivity index (χ0) is 8.39. The minimum atomic E-state index is -0.570. The molecule has 2 fully saturated rings. The average Bonchev–Trinajstić information content (AvgIpc) is 2.00. The molecule has 0 heterocycles. The lowest BCUT2D eigenvalue weighted by Gasteiger charge is -2.35. The molecule has 0 unspecified atom stereocenters. The Bertz CT molecular complexity index is 145. The van der Waals surface area contributed by atoms with Crippen molar-refractivity contribution in [2.24, 2.45) is 0 Å². The van der Waals surface area contributed by atoms with E-state index in [1.54, 1.807) is 0 Å². The molecule has 0 aromatic carbocycles. The minimum absolute atomic E-state index is 0.184. The monoisotopic (exact) mass is 171 g/mol. The van der Waals surface area contributed by atoms with Crippen LogP contribution in [0.1, 0.15) is 44.9 Å². The van der Waals surface area contributed by atoms with Crippen LogP contribution in [-0.4, -0.2) is 18.3 Å². The van der Waals surface area contributed by atoms with Gasteiger partial charge >= 0.3 is 0 Å². The highest BCUT2D eigenvalue weighted by Gasteiger charge is 2.28. The Labute approximate surface area is 73.7 Å². The molecule has 0 aliphatic heterocycles. The van der Waals surface area contributed by atoms with Crippen LogP contribution in [0.4, 0.5) is 4.39 Å². The van der Waals surface area contributed by atoms with Crippen LogP contribution in [-0.2, 0) is 0 Å². The third kappa shape index (κ3) is 1.79. The van der Waals surface area contributed by atoms with Gasteiger partial charge in [0.15, 0.2) is 0 Å². The Morgan fingerprint density at radius 3 is 2.25 bits per heavy atom. The van der Waals surface area contributed by atoms with E-state index in [-0.39, 0.29) is 6.04 Å². The van der Waals surface area contributed by atoms with Crippen molar-refractivity contribution in [1.82, 2.24) is 5.32 Å². The fraction of sp³-hybridized carbons (Fsp3) is 1.00. The highest BCUT2D eigenvalue weighted by Crippen LogP contribution is 2.25. The van der Waals surface area contributed by atoms with Crippen LogP contribution in [0.3, 0.4) is 0 Å². The summed E-state index contributed by atoms with van der Waals surface area (Å²) in [6, 6.07) is 0.829. The van der Waals surface area contributed by atoms with Gasteiger partial charge in [0, 0.05) is 12.1 Å². The predicted octanol–water partition coefficient (Wildman–Crippen LogP) is 2.41. The van der Waals surface area contributed by atoms with Crippen molar-refractivity contribution in [2.75, 3.05) is 0 Å². The van der Waals surface area contributed by atoms with E-state index in [4.69, 9.17) is 0 Å². The van der Waals surface area contributed by atoms with E-state index in [1.165, 1.54) is 25.7 Å². The first-order valence-electron chi connectivity index (χ1n) is 5.26. The largest absolute Gasteiger partial charge is 0.308 e. The Hall–Kier alpha value is -0.110. The summed E-state index contributed by atoms with van der Waals surface area (Å²) in [6.07, 6.45) is 7.43. The number of rotatable bonds is 2. The summed E-state index contributed by atoms with van der Waals surface area (Å²) >= 11 is 0. The second-order valence-electron chi connectivity index (χ2n) is 4.20. The number of nitrogens with one attached hydrogen (secondary N) is 1. The topological polar surface area (TPSA) is 12.0 Å². The van der Waals surface area contributed by atoms with E-state index >= 15 is 0 Å². The maximum atomic E-state index is 13.3. The smallest absolute Gasteiger partial charge is 0.115 e. The number of hydrogen-bond donors (Lipinski definition) is 1. The van der Waals surface area contributed by atoms with Gasteiger partial charge in [0.2, 0.25) is 0 Å². The molecule has 0 aromatic heterocycles. The summed E-state index contributed by atoms with van der Waals surface area (Å²) in [4.78, 5) is 0. The minimum Gasteiger partial charge on any atom is -0.308 e. The van der Waals surface area contributed by atoms with Crippen molar-refractivity contribution < 1.29 is 4.39 Å². The molecule has 12 heavy (non-hydrogen) atoms. The molecule has 70 valence electrons. The highest BCUT2D eigenvalue weighted by atomic mass is 19.1. The van der Waals surface area contributed by atoms with Gasteiger partial charge in [-0.1, -0.05) is 19.3 Å². The molecule has 2 heteroatoms. The lowest BCUT2D eigenvalue weighted by Crippen LogP contribution is -2.48. The Morgan fingerprint density at radius 1 is 0.917 bits per heavy atom. The third-order valence-electron chi connectivity index (χ3n) is 3.24. The molecular formula is C10H18FN. The summed E-state index contributed by atoms with van der Waals surface area (Å²) in [5.41, 5.74) is 0. The first-order valence-corrected chi connectivity index (χ1v) is 5.26. The highest BCUT2D eigenvalue weighted by molar-refractivity contribution is 4.86. The lowest BCUT2D eigenvalue weighted by atomic mass is 9.88. The Kier molecular flexibility index (Phi) is 2.64. The SMILES string of the molecule is F[C@@H]1CCCC[C@H]1NC1CCC1. The van der Waals surface area contributed by atoms with Crippen molar-refractivity contribution in [1.29, 1.82) is 0 Å². The van der Waals surface area contributed by atoms with Crippen LogP contribution in [0.5, 0.6) is 0 Å². The second-order valence-corrected chi connectivity index (χ2v) is 4.20. The fourth-order valence-electron chi connectivity index (χ4n) is 2.15. The van der Waals surface area contributed by atoms with Gasteiger partial charge in [-0.05, 0) is 25.7 Å². The Morgan fingerprint density at radius 2 is 1.67 bits per heavy atom. The van der Waals surface area contributed by atoms with Crippen molar-refractivity contribution in [2.45, 2.75) is 63.2 Å². The molecule has 2 aliphatic carbocycles. The normalized spacial score (nSPS) is 37.8. The van der Waals surface area contributed by atoms with Crippen molar-refractivity contribution >= 4 is 0 Å². The van der Waals surface area contributed by atoms with Crippen molar-refractivity contribution in [3.8, 4) is 0 Å². The molecular weight excluding hydrogens is 153 g/mol. The molecule has 0 spiro atoms. The molecule has 2 aliphatic rings. The van der Waals surface area contributed by atoms with Crippen LogP contribution in [0.25, 0.3) is 0 Å². The summed E-state index contributed by atoms with van der Waals surface area (Å²) in [5.74, 6) is 0. The first kappa shape index (κ1) is 8.49. The standard InChI is InChI=1S/C10H18FN/c11-9-6-1-2-7-10(9)12-8-4-3-5-8/h8-10,12H,1-7H2/t9-,10-/m1/s1. The van der Waals surface area contributed by atoms with E-state index < -0.39 is 6.17 Å². The molecule has 2 rings (SSSR count). The molecule has 0 radical (unpaired) electrons. The van der Waals surface area contributed by atoms with Gasteiger partial charge in [0.1, 0.15) is 6.17 Å². The van der Waals surface area contributed by atoms with Crippen LogP contribution in [0.15, 0.2) is 0 Å². The zero-order valence-corrected chi connectivity index (χ0v) is 7.56. The summed E-state index contributed by atoms with van der Waals surface area (Å²) < 4.78 is 13.3. The molecule has 1 N–H and O–H groups in total. The van der Waals surface area contributed by atoms with E-state index in [0.717, 1.165) is 19.3 Å². The lowest BCUT2D eigenvalue weighted by molar-refractivity contribution is 0.160. The van der Waals surface area contributed by atoms with E-state index in [1.807, 2.05) is 0 Å². The maximum Gasteiger partial charge on any atom is 0.115 e. The van der Waals surface area contributed by atoms with Crippen LogP contribution in [0, 0.1) is 0 Å². The van der Waals surface area contributed by atoms with Gasteiger partial charge in [0.05, 0.1) is 0 Å². The van der Waals surface area contributed by atoms with Gasteiger partial charge in [0.25, 0.3) is 0 Å². The van der Waals surface area contributed by atoms with Crippen LogP contribution < -0.4 is 5.32 Å². The molecule has 2 saturated carbocycles. The van der Waals surface area contributed by atoms with E-state index in [0.29, 0.717) is 6.04 Å². The molecule has 0 bridgehead atoms. The first-order chi connectivity index (χ1) is 5.86.